The van der Waals surface area contributed by atoms with Gasteiger partial charge in [0.25, 0.3) is 0 Å². The third-order valence-electron chi connectivity index (χ3n) is 1.16. The van der Waals surface area contributed by atoms with Gasteiger partial charge in [0.15, 0.2) is 0 Å². The van der Waals surface area contributed by atoms with Gasteiger partial charge in [-0.2, -0.15) is 0 Å². The van der Waals surface area contributed by atoms with Crippen molar-refractivity contribution in [3.8, 4) is 0 Å². The predicted octanol–water partition coefficient (Wildman–Crippen LogP) is 0.488. The topological polar surface area (TPSA) is 86.6 Å². The van der Waals surface area contributed by atoms with Crippen molar-refractivity contribution in [2.75, 3.05) is 0 Å². The van der Waals surface area contributed by atoms with Crippen LogP contribution in [0.4, 0.5) is 4.79 Å². The molecule has 11 heavy (non-hydrogen) atoms. The Hall–Kier alpha value is -1.52. The molecule has 0 fully saturated rings. The van der Waals surface area contributed by atoms with Crippen molar-refractivity contribution in [1.29, 1.82) is 0 Å². The number of hydrogen-bond acceptors (Lipinski definition) is 2. The third kappa shape index (κ3) is 3.24. The molecule has 0 aliphatic rings. The highest BCUT2D eigenvalue weighted by Crippen LogP contribution is 2.03. The van der Waals surface area contributed by atoms with Crippen molar-refractivity contribution in [3.63, 3.8) is 0 Å². The number of carboxylic acids is 1. The summed E-state index contributed by atoms with van der Waals surface area (Å²) in [7, 11) is 0. The summed E-state index contributed by atoms with van der Waals surface area (Å²) in [6, 6.07) is 0. The number of aliphatic carboxylic acids is 1. The summed E-state index contributed by atoms with van der Waals surface area (Å²) in [6.45, 7) is 4.59. The fraction of sp³-hybridized carbons (Fsp3) is 0.333. The maximum atomic E-state index is 10.2. The zero-order valence-corrected chi connectivity index (χ0v) is 6.00. The van der Waals surface area contributed by atoms with Gasteiger partial charge >= 0.3 is 12.1 Å². The normalized spacial score (nSPS) is 11.7. The molecule has 0 heterocycles. The van der Waals surface area contributed by atoms with Crippen LogP contribution in [0.1, 0.15) is 6.92 Å². The van der Waals surface area contributed by atoms with Crippen LogP contribution in [0.5, 0.6) is 0 Å². The molecule has 5 heteroatoms. The summed E-state index contributed by atoms with van der Waals surface area (Å²) in [5.74, 6) is -2.00. The summed E-state index contributed by atoms with van der Waals surface area (Å²) in [6.07, 6.45) is -1.30. The molecule has 0 radical (unpaired) electrons. The molecule has 0 rings (SSSR count). The second-order valence-electron chi connectivity index (χ2n) is 2.02. The molecular weight excluding hydrogens is 150 g/mol. The highest BCUT2D eigenvalue weighted by Gasteiger charge is 2.15. The van der Waals surface area contributed by atoms with Gasteiger partial charge in [0.1, 0.15) is 0 Å². The lowest BCUT2D eigenvalue weighted by molar-refractivity contribution is -0.139. The average Bonchev–Trinajstić information content (AvgIpc) is 1.84. The van der Waals surface area contributed by atoms with Gasteiger partial charge in [0, 0.05) is 5.70 Å². The zero-order chi connectivity index (χ0) is 9.02. The lowest BCUT2D eigenvalue weighted by Crippen LogP contribution is -2.27. The van der Waals surface area contributed by atoms with Crippen molar-refractivity contribution in [3.05, 3.63) is 12.3 Å². The van der Waals surface area contributed by atoms with Gasteiger partial charge in [0.05, 0.1) is 5.92 Å². The van der Waals surface area contributed by atoms with E-state index in [2.05, 4.69) is 6.58 Å². The highest BCUT2D eigenvalue weighted by atomic mass is 16.4. The van der Waals surface area contributed by atoms with Crippen LogP contribution < -0.4 is 5.32 Å². The Labute approximate surface area is 63.3 Å². The summed E-state index contributed by atoms with van der Waals surface area (Å²) < 4.78 is 0. The van der Waals surface area contributed by atoms with E-state index in [0.717, 1.165) is 0 Å². The number of amides is 1. The van der Waals surface area contributed by atoms with Gasteiger partial charge in [-0.1, -0.05) is 6.58 Å². The molecule has 0 aliphatic carbocycles. The van der Waals surface area contributed by atoms with E-state index in [1.807, 2.05) is 5.32 Å². The maximum Gasteiger partial charge on any atom is 0.408 e. The molecule has 0 bridgehead atoms. The lowest BCUT2D eigenvalue weighted by Gasteiger charge is -2.08. The Bertz CT molecular complexity index is 199. The number of hydrogen-bond donors (Lipinski definition) is 3. The van der Waals surface area contributed by atoms with Crippen molar-refractivity contribution in [1.82, 2.24) is 5.32 Å². The number of carbonyl (C=O) groups is 2. The first-order valence-corrected chi connectivity index (χ1v) is 2.86. The number of rotatable bonds is 3. The summed E-state index contributed by atoms with van der Waals surface area (Å²) in [5.41, 5.74) is -0.0370. The van der Waals surface area contributed by atoms with Crippen LogP contribution in [-0.4, -0.2) is 22.3 Å². The Morgan fingerprint density at radius 1 is 1.45 bits per heavy atom. The quantitative estimate of drug-likeness (QED) is 0.559. The van der Waals surface area contributed by atoms with E-state index in [1.54, 1.807) is 0 Å². The van der Waals surface area contributed by atoms with Crippen LogP contribution in [0.3, 0.4) is 0 Å². The first kappa shape index (κ1) is 9.48. The molecule has 5 nitrogen and oxygen atoms in total. The van der Waals surface area contributed by atoms with Gasteiger partial charge < -0.3 is 10.2 Å². The molecule has 0 aromatic heterocycles. The van der Waals surface area contributed by atoms with Gasteiger partial charge in [0.2, 0.25) is 0 Å². The monoisotopic (exact) mass is 159 g/mol. The van der Waals surface area contributed by atoms with E-state index in [9.17, 15) is 9.59 Å². The van der Waals surface area contributed by atoms with Gasteiger partial charge in [-0.05, 0) is 6.92 Å². The number of carboxylic acid groups (broad SMARTS) is 2. The molecule has 0 spiro atoms. The largest absolute Gasteiger partial charge is 0.481 e. The minimum atomic E-state index is -1.30. The lowest BCUT2D eigenvalue weighted by atomic mass is 10.1. The fourth-order valence-corrected chi connectivity index (χ4v) is 0.395. The summed E-state index contributed by atoms with van der Waals surface area (Å²) >= 11 is 0. The maximum absolute atomic E-state index is 10.2. The van der Waals surface area contributed by atoms with Crippen LogP contribution in [0.25, 0.3) is 0 Å². The molecule has 1 amide bonds. The SMILES string of the molecule is C=C(NC(=O)O)C(C)C(=O)O. The Balaban J connectivity index is 4.04. The van der Waals surface area contributed by atoms with Gasteiger partial charge in [-0.15, -0.1) is 0 Å². The minimum Gasteiger partial charge on any atom is -0.481 e. The van der Waals surface area contributed by atoms with E-state index in [-0.39, 0.29) is 5.70 Å². The van der Waals surface area contributed by atoms with Crippen molar-refractivity contribution in [2.24, 2.45) is 5.92 Å². The molecule has 0 aromatic carbocycles. The van der Waals surface area contributed by atoms with E-state index < -0.39 is 18.0 Å². The van der Waals surface area contributed by atoms with Gasteiger partial charge in [-0.3, -0.25) is 10.1 Å². The summed E-state index contributed by atoms with van der Waals surface area (Å²) in [5, 5.41) is 18.4. The van der Waals surface area contributed by atoms with Crippen molar-refractivity contribution < 1.29 is 19.8 Å². The van der Waals surface area contributed by atoms with Crippen molar-refractivity contribution >= 4 is 12.1 Å². The van der Waals surface area contributed by atoms with Crippen LogP contribution in [0.2, 0.25) is 0 Å². The van der Waals surface area contributed by atoms with Gasteiger partial charge in [-0.25, -0.2) is 4.79 Å². The second-order valence-corrected chi connectivity index (χ2v) is 2.02. The molecule has 1 atom stereocenters. The molecule has 62 valence electrons. The zero-order valence-electron chi connectivity index (χ0n) is 6.00. The van der Waals surface area contributed by atoms with Crippen LogP contribution in [0, 0.1) is 5.92 Å². The molecule has 0 aliphatic heterocycles. The molecular formula is C6H9NO4. The minimum absolute atomic E-state index is 0.0370. The fourth-order valence-electron chi connectivity index (χ4n) is 0.395. The van der Waals surface area contributed by atoms with Crippen molar-refractivity contribution in [2.45, 2.75) is 6.92 Å². The molecule has 1 unspecified atom stereocenters. The second kappa shape index (κ2) is 3.60. The molecule has 0 saturated carbocycles. The van der Waals surface area contributed by atoms with E-state index in [4.69, 9.17) is 10.2 Å². The van der Waals surface area contributed by atoms with E-state index in [1.165, 1.54) is 6.92 Å². The molecule has 3 N–H and O–H groups in total. The molecule has 0 saturated heterocycles. The Morgan fingerprint density at radius 2 is 1.91 bits per heavy atom. The standard InChI is InChI=1S/C6H9NO4/c1-3(5(8)9)4(2)7-6(10)11/h3,7H,2H2,1H3,(H,8,9)(H,10,11). The van der Waals surface area contributed by atoms with E-state index in [0.29, 0.717) is 0 Å². The highest BCUT2D eigenvalue weighted by molar-refractivity contribution is 5.75. The Kier molecular flexibility index (Phi) is 3.10. The number of nitrogens with one attached hydrogen (secondary N) is 1. The van der Waals surface area contributed by atoms with E-state index >= 15 is 0 Å². The predicted molar refractivity (Wildman–Crippen MR) is 37.1 cm³/mol. The van der Waals surface area contributed by atoms with Crippen LogP contribution in [0.15, 0.2) is 12.3 Å². The first-order chi connectivity index (χ1) is 4.95. The molecule has 0 aromatic rings. The van der Waals surface area contributed by atoms with Crippen LogP contribution in [-0.2, 0) is 4.79 Å². The van der Waals surface area contributed by atoms with Crippen LogP contribution >= 0.6 is 0 Å². The average molecular weight is 159 g/mol. The smallest absolute Gasteiger partial charge is 0.408 e. The Morgan fingerprint density at radius 3 is 2.18 bits per heavy atom. The summed E-state index contributed by atoms with van der Waals surface area (Å²) in [4.78, 5) is 20.2. The third-order valence-corrected chi connectivity index (χ3v) is 1.16. The first-order valence-electron chi connectivity index (χ1n) is 2.86.